The number of carbonyl (C=O) groups excluding carboxylic acids is 2. The van der Waals surface area contributed by atoms with Gasteiger partial charge in [0.1, 0.15) is 0 Å². The molecule has 0 N–H and O–H groups in total. The van der Waals surface area contributed by atoms with E-state index < -0.39 is 11.9 Å². The highest BCUT2D eigenvalue weighted by atomic mass is 16.4. The number of hydrogen-bond acceptors (Lipinski definition) is 4. The summed E-state index contributed by atoms with van der Waals surface area (Å²) in [4.78, 5) is 21.7. The Balaban J connectivity index is 1.53. The van der Waals surface area contributed by atoms with Crippen LogP contribution in [0.15, 0.2) is 97.6 Å². The molecule has 0 saturated heterocycles. The number of benzene rings is 2. The zero-order chi connectivity index (χ0) is 21.1. The van der Waals surface area contributed by atoms with Gasteiger partial charge in [0.05, 0.1) is 11.9 Å². The SMILES string of the molecule is O=C([O-])c1ccc(-[n+]2ccc(-c3cc[n+](-c4ccc(C(=O)[O-])cc4)cc3)cc2)cc1. The van der Waals surface area contributed by atoms with E-state index in [1.165, 1.54) is 24.3 Å². The van der Waals surface area contributed by atoms with E-state index in [0.717, 1.165) is 22.5 Å². The summed E-state index contributed by atoms with van der Waals surface area (Å²) in [5, 5.41) is 21.7. The zero-order valence-corrected chi connectivity index (χ0v) is 15.8. The number of nitrogens with zero attached hydrogens (tertiary/aromatic N) is 2. The van der Waals surface area contributed by atoms with Gasteiger partial charge >= 0.3 is 0 Å². The minimum Gasteiger partial charge on any atom is -0.545 e. The third kappa shape index (κ3) is 3.93. The molecule has 0 amide bonds. The summed E-state index contributed by atoms with van der Waals surface area (Å²) in [6.07, 6.45) is 7.62. The fourth-order valence-electron chi connectivity index (χ4n) is 3.12. The monoisotopic (exact) mass is 396 g/mol. The van der Waals surface area contributed by atoms with Crippen LogP contribution in [0.2, 0.25) is 0 Å². The van der Waals surface area contributed by atoms with Crippen LogP contribution in [0.5, 0.6) is 0 Å². The van der Waals surface area contributed by atoms with Gasteiger partial charge in [-0.05, 0) is 46.5 Å². The van der Waals surface area contributed by atoms with Gasteiger partial charge in [0, 0.05) is 48.5 Å². The largest absolute Gasteiger partial charge is 0.545 e. The van der Waals surface area contributed by atoms with E-state index in [1.54, 1.807) is 24.3 Å². The van der Waals surface area contributed by atoms with Crippen LogP contribution in [0.1, 0.15) is 20.7 Å². The normalized spacial score (nSPS) is 10.5. The first kappa shape index (κ1) is 19.0. The highest BCUT2D eigenvalue weighted by Gasteiger charge is 2.10. The summed E-state index contributed by atoms with van der Waals surface area (Å²) in [6, 6.07) is 20.8. The van der Waals surface area contributed by atoms with Crippen molar-refractivity contribution in [1.82, 2.24) is 0 Å². The van der Waals surface area contributed by atoms with Crippen molar-refractivity contribution in [1.29, 1.82) is 0 Å². The molecule has 0 fully saturated rings. The Kier molecular flexibility index (Phi) is 5.05. The molecule has 6 nitrogen and oxygen atoms in total. The standard InChI is InChI=1S/C24H16N2O4/c27-23(28)19-1-5-21(6-2-19)25-13-9-17(10-14-25)18-11-15-26(16-12-18)22-7-3-20(4-8-22)24(29)30/h1-16H. The van der Waals surface area contributed by atoms with Crippen molar-refractivity contribution in [2.75, 3.05) is 0 Å². The zero-order valence-electron chi connectivity index (χ0n) is 15.8. The highest BCUT2D eigenvalue weighted by molar-refractivity contribution is 5.86. The second-order valence-corrected chi connectivity index (χ2v) is 6.66. The third-order valence-electron chi connectivity index (χ3n) is 4.79. The van der Waals surface area contributed by atoms with Crippen LogP contribution in [0.4, 0.5) is 0 Å². The van der Waals surface area contributed by atoms with Crippen LogP contribution in [-0.4, -0.2) is 11.9 Å². The first-order valence-corrected chi connectivity index (χ1v) is 9.18. The topological polar surface area (TPSA) is 88.0 Å². The average Bonchev–Trinajstić information content (AvgIpc) is 2.79. The predicted molar refractivity (Wildman–Crippen MR) is 104 cm³/mol. The van der Waals surface area contributed by atoms with Crippen LogP contribution in [0.3, 0.4) is 0 Å². The van der Waals surface area contributed by atoms with Crippen molar-refractivity contribution in [2.45, 2.75) is 0 Å². The van der Waals surface area contributed by atoms with Crippen LogP contribution < -0.4 is 19.3 Å². The molecule has 2 aromatic heterocycles. The van der Waals surface area contributed by atoms with E-state index in [0.29, 0.717) is 0 Å². The molecule has 0 aliphatic rings. The Morgan fingerprint density at radius 3 is 1.07 bits per heavy atom. The van der Waals surface area contributed by atoms with E-state index in [4.69, 9.17) is 0 Å². The van der Waals surface area contributed by atoms with Crippen molar-refractivity contribution in [3.63, 3.8) is 0 Å². The quantitative estimate of drug-likeness (QED) is 0.463. The van der Waals surface area contributed by atoms with Gasteiger partial charge in [0.15, 0.2) is 24.8 Å². The number of carboxylic acids is 2. The molecule has 0 unspecified atom stereocenters. The second kappa shape index (κ2) is 7.97. The Bertz CT molecular complexity index is 1100. The molecule has 0 bridgehead atoms. The lowest BCUT2D eigenvalue weighted by Crippen LogP contribution is -2.30. The molecule has 30 heavy (non-hydrogen) atoms. The molecule has 4 rings (SSSR count). The summed E-state index contributed by atoms with van der Waals surface area (Å²) in [7, 11) is 0. The minimum absolute atomic E-state index is 0.142. The van der Waals surface area contributed by atoms with Gasteiger partial charge in [-0.15, -0.1) is 0 Å². The highest BCUT2D eigenvalue weighted by Crippen LogP contribution is 2.17. The maximum absolute atomic E-state index is 10.9. The number of aromatic carboxylic acids is 2. The second-order valence-electron chi connectivity index (χ2n) is 6.66. The molecule has 0 spiro atoms. The lowest BCUT2D eigenvalue weighted by molar-refractivity contribution is -0.596. The molecular formula is C24H16N2O4. The molecule has 146 valence electrons. The average molecular weight is 396 g/mol. The minimum atomic E-state index is -1.20. The fraction of sp³-hybridized carbons (Fsp3) is 0. The van der Waals surface area contributed by atoms with Crippen LogP contribution in [0.25, 0.3) is 22.5 Å². The van der Waals surface area contributed by atoms with Crippen molar-refractivity contribution >= 4 is 11.9 Å². The van der Waals surface area contributed by atoms with Gasteiger partial charge in [-0.25, -0.2) is 0 Å². The molecular weight excluding hydrogens is 380 g/mol. The Labute approximate surface area is 172 Å². The van der Waals surface area contributed by atoms with Crippen molar-refractivity contribution in [3.8, 4) is 22.5 Å². The predicted octanol–water partition coefficient (Wildman–Crippen LogP) is 0.634. The maximum atomic E-state index is 10.9. The summed E-state index contributed by atoms with van der Waals surface area (Å²) >= 11 is 0. The number of carboxylic acid groups (broad SMARTS) is 2. The van der Waals surface area contributed by atoms with Crippen molar-refractivity contribution < 1.29 is 28.9 Å². The molecule has 0 aliphatic carbocycles. The van der Waals surface area contributed by atoms with Crippen LogP contribution in [-0.2, 0) is 0 Å². The molecule has 4 aromatic rings. The van der Waals surface area contributed by atoms with Crippen molar-refractivity contribution in [2.24, 2.45) is 0 Å². The van der Waals surface area contributed by atoms with Crippen molar-refractivity contribution in [3.05, 3.63) is 109 Å². The molecule has 0 saturated carbocycles. The molecule has 6 heteroatoms. The summed E-state index contributed by atoms with van der Waals surface area (Å²) in [6.45, 7) is 0. The van der Waals surface area contributed by atoms with Gasteiger partial charge in [-0.2, -0.15) is 9.13 Å². The Morgan fingerprint density at radius 1 is 0.500 bits per heavy atom. The smallest absolute Gasteiger partial charge is 0.210 e. The molecule has 0 radical (unpaired) electrons. The lowest BCUT2D eigenvalue weighted by Gasteiger charge is -2.04. The van der Waals surface area contributed by atoms with E-state index >= 15 is 0 Å². The first-order valence-electron chi connectivity index (χ1n) is 9.18. The Hall–Kier alpha value is -4.32. The summed E-state index contributed by atoms with van der Waals surface area (Å²) in [5.74, 6) is -2.39. The molecule has 0 aliphatic heterocycles. The van der Waals surface area contributed by atoms with E-state index in [-0.39, 0.29) is 11.1 Å². The van der Waals surface area contributed by atoms with E-state index in [9.17, 15) is 19.8 Å². The van der Waals surface area contributed by atoms with E-state index in [1.807, 2.05) is 58.2 Å². The lowest BCUT2D eigenvalue weighted by atomic mass is 10.1. The number of aromatic nitrogens is 2. The number of carbonyl (C=O) groups is 2. The van der Waals surface area contributed by atoms with Crippen LogP contribution >= 0.6 is 0 Å². The van der Waals surface area contributed by atoms with E-state index in [2.05, 4.69) is 0 Å². The summed E-state index contributed by atoms with van der Waals surface area (Å²) in [5.41, 5.74) is 4.02. The molecule has 2 heterocycles. The first-order chi connectivity index (χ1) is 14.5. The van der Waals surface area contributed by atoms with Gasteiger partial charge in [0.2, 0.25) is 11.4 Å². The number of rotatable bonds is 5. The fourth-order valence-corrected chi connectivity index (χ4v) is 3.12. The van der Waals surface area contributed by atoms with Gasteiger partial charge < -0.3 is 19.8 Å². The van der Waals surface area contributed by atoms with Gasteiger partial charge in [-0.1, -0.05) is 0 Å². The maximum Gasteiger partial charge on any atom is 0.210 e. The third-order valence-corrected chi connectivity index (χ3v) is 4.79. The number of hydrogen-bond donors (Lipinski definition) is 0. The summed E-state index contributed by atoms with van der Waals surface area (Å²) < 4.78 is 3.79. The van der Waals surface area contributed by atoms with Crippen LogP contribution in [0, 0.1) is 0 Å². The molecule has 2 aromatic carbocycles. The van der Waals surface area contributed by atoms with Gasteiger partial charge in [0.25, 0.3) is 0 Å². The number of pyridine rings is 2. The Morgan fingerprint density at radius 2 is 0.800 bits per heavy atom. The molecule has 0 atom stereocenters. The van der Waals surface area contributed by atoms with Gasteiger partial charge in [-0.3, -0.25) is 0 Å².